The van der Waals surface area contributed by atoms with Crippen molar-refractivity contribution in [1.82, 2.24) is 9.78 Å². The Kier molecular flexibility index (Phi) is 2.73. The Morgan fingerprint density at radius 2 is 2.60 bits per heavy atom. The fourth-order valence-corrected chi connectivity index (χ4v) is 1.88. The minimum absolute atomic E-state index is 0.0411. The van der Waals surface area contributed by atoms with Gasteiger partial charge in [-0.25, -0.2) is 0 Å². The third-order valence-electron chi connectivity index (χ3n) is 2.74. The first-order valence-electron chi connectivity index (χ1n) is 5.01. The van der Waals surface area contributed by atoms with Crippen molar-refractivity contribution in [3.05, 3.63) is 17.5 Å². The molecule has 1 aromatic rings. The Labute approximate surface area is 87.7 Å². The Hall–Kier alpha value is -1.36. The van der Waals surface area contributed by atoms with Crippen molar-refractivity contribution < 1.29 is 14.6 Å². The number of hydrogen-bond donors (Lipinski definition) is 1. The van der Waals surface area contributed by atoms with E-state index in [0.29, 0.717) is 6.61 Å². The van der Waals surface area contributed by atoms with Gasteiger partial charge in [-0.05, 0) is 13.3 Å². The summed E-state index contributed by atoms with van der Waals surface area (Å²) in [6.07, 6.45) is 2.64. The van der Waals surface area contributed by atoms with Gasteiger partial charge in [0, 0.05) is 17.9 Å². The number of carboxylic acids is 1. The van der Waals surface area contributed by atoms with Crippen molar-refractivity contribution in [1.29, 1.82) is 0 Å². The maximum atomic E-state index is 10.6. The summed E-state index contributed by atoms with van der Waals surface area (Å²) in [5.74, 6) is -0.819. The molecule has 5 heteroatoms. The standard InChI is InChI=1S/C10H14N2O3/c1-7-8(4-10(13)14)5-11-12(7)9-2-3-15-6-9/h5,9H,2-4,6H2,1H3,(H,13,14). The number of carbonyl (C=O) groups is 1. The predicted octanol–water partition coefficient (Wildman–Crippen LogP) is 0.780. The first kappa shape index (κ1) is 10.2. The summed E-state index contributed by atoms with van der Waals surface area (Å²) in [4.78, 5) is 10.6. The van der Waals surface area contributed by atoms with Crippen LogP contribution in [0.1, 0.15) is 23.7 Å². The Morgan fingerprint density at radius 3 is 3.20 bits per heavy atom. The highest BCUT2D eigenvalue weighted by Crippen LogP contribution is 2.21. The molecule has 0 aromatic carbocycles. The lowest BCUT2D eigenvalue weighted by Crippen LogP contribution is -2.12. The van der Waals surface area contributed by atoms with Crippen molar-refractivity contribution in [3.63, 3.8) is 0 Å². The van der Waals surface area contributed by atoms with E-state index in [1.54, 1.807) is 6.20 Å². The van der Waals surface area contributed by atoms with Gasteiger partial charge in [-0.1, -0.05) is 0 Å². The van der Waals surface area contributed by atoms with Crippen molar-refractivity contribution in [2.45, 2.75) is 25.8 Å². The van der Waals surface area contributed by atoms with Crippen LogP contribution in [0.15, 0.2) is 6.20 Å². The van der Waals surface area contributed by atoms with Gasteiger partial charge in [-0.3, -0.25) is 9.48 Å². The summed E-state index contributed by atoms with van der Waals surface area (Å²) in [7, 11) is 0. The van der Waals surface area contributed by atoms with Crippen LogP contribution in [-0.4, -0.2) is 34.1 Å². The van der Waals surface area contributed by atoms with Gasteiger partial charge in [0.05, 0.1) is 25.3 Å². The lowest BCUT2D eigenvalue weighted by molar-refractivity contribution is -0.136. The Bertz CT molecular complexity index is 367. The van der Waals surface area contributed by atoms with Gasteiger partial charge in [0.1, 0.15) is 0 Å². The van der Waals surface area contributed by atoms with Crippen molar-refractivity contribution in [3.8, 4) is 0 Å². The van der Waals surface area contributed by atoms with E-state index in [1.165, 1.54) is 0 Å². The highest BCUT2D eigenvalue weighted by Gasteiger charge is 2.21. The zero-order valence-corrected chi connectivity index (χ0v) is 8.64. The summed E-state index contributed by atoms with van der Waals surface area (Å²) in [5, 5.41) is 12.9. The molecule has 2 rings (SSSR count). The molecular weight excluding hydrogens is 196 g/mol. The van der Waals surface area contributed by atoms with Crippen LogP contribution >= 0.6 is 0 Å². The molecule has 1 aliphatic heterocycles. The van der Waals surface area contributed by atoms with Crippen LogP contribution in [0.3, 0.4) is 0 Å². The second-order valence-corrected chi connectivity index (χ2v) is 3.79. The zero-order valence-electron chi connectivity index (χ0n) is 8.64. The van der Waals surface area contributed by atoms with Gasteiger partial charge in [0.25, 0.3) is 0 Å². The third kappa shape index (κ3) is 2.02. The molecule has 1 atom stereocenters. The molecule has 1 fully saturated rings. The van der Waals surface area contributed by atoms with E-state index in [2.05, 4.69) is 5.10 Å². The van der Waals surface area contributed by atoms with Gasteiger partial charge in [0.2, 0.25) is 0 Å². The molecule has 0 spiro atoms. The number of rotatable bonds is 3. The first-order chi connectivity index (χ1) is 7.18. The highest BCUT2D eigenvalue weighted by molar-refractivity contribution is 5.70. The fraction of sp³-hybridized carbons (Fsp3) is 0.600. The fourth-order valence-electron chi connectivity index (χ4n) is 1.88. The second kappa shape index (κ2) is 4.02. The number of hydrogen-bond acceptors (Lipinski definition) is 3. The number of carboxylic acid groups (broad SMARTS) is 1. The summed E-state index contributed by atoms with van der Waals surface area (Å²) >= 11 is 0. The van der Waals surface area contributed by atoms with Gasteiger partial charge in [0.15, 0.2) is 0 Å². The zero-order chi connectivity index (χ0) is 10.8. The number of nitrogens with zero attached hydrogens (tertiary/aromatic N) is 2. The summed E-state index contributed by atoms with van der Waals surface area (Å²) in [5.41, 5.74) is 1.72. The highest BCUT2D eigenvalue weighted by atomic mass is 16.5. The topological polar surface area (TPSA) is 64.3 Å². The predicted molar refractivity (Wildman–Crippen MR) is 52.8 cm³/mol. The molecular formula is C10H14N2O3. The normalized spacial score (nSPS) is 20.7. The molecule has 1 saturated heterocycles. The van der Waals surface area contributed by atoms with Gasteiger partial charge in [-0.15, -0.1) is 0 Å². The van der Waals surface area contributed by atoms with Crippen LogP contribution < -0.4 is 0 Å². The van der Waals surface area contributed by atoms with Crippen LogP contribution in [0, 0.1) is 6.92 Å². The van der Waals surface area contributed by atoms with E-state index in [4.69, 9.17) is 9.84 Å². The van der Waals surface area contributed by atoms with Crippen molar-refractivity contribution >= 4 is 5.97 Å². The molecule has 1 aromatic heterocycles. The lowest BCUT2D eigenvalue weighted by atomic mass is 10.2. The molecule has 1 aliphatic rings. The van der Waals surface area contributed by atoms with Crippen LogP contribution in [0.4, 0.5) is 0 Å². The second-order valence-electron chi connectivity index (χ2n) is 3.79. The summed E-state index contributed by atoms with van der Waals surface area (Å²) in [6, 6.07) is 0.271. The molecule has 0 bridgehead atoms. The monoisotopic (exact) mass is 210 g/mol. The minimum atomic E-state index is -0.819. The average molecular weight is 210 g/mol. The van der Waals surface area contributed by atoms with Crippen molar-refractivity contribution in [2.75, 3.05) is 13.2 Å². The largest absolute Gasteiger partial charge is 0.481 e. The quantitative estimate of drug-likeness (QED) is 0.800. The molecule has 0 radical (unpaired) electrons. The SMILES string of the molecule is Cc1c(CC(=O)O)cnn1C1CCOC1. The minimum Gasteiger partial charge on any atom is -0.481 e. The summed E-state index contributed by atoms with van der Waals surface area (Å²) < 4.78 is 7.16. The van der Waals surface area contributed by atoms with E-state index in [9.17, 15) is 4.79 Å². The average Bonchev–Trinajstić information content (AvgIpc) is 2.76. The van der Waals surface area contributed by atoms with E-state index in [-0.39, 0.29) is 12.5 Å². The molecule has 1 N–H and O–H groups in total. The Morgan fingerprint density at radius 1 is 1.80 bits per heavy atom. The molecule has 0 saturated carbocycles. The molecule has 15 heavy (non-hydrogen) atoms. The molecule has 2 heterocycles. The number of aliphatic carboxylic acids is 1. The summed E-state index contributed by atoms with van der Waals surface area (Å²) in [6.45, 7) is 3.34. The van der Waals surface area contributed by atoms with Crippen LogP contribution in [0.5, 0.6) is 0 Å². The third-order valence-corrected chi connectivity index (χ3v) is 2.74. The smallest absolute Gasteiger partial charge is 0.307 e. The van der Waals surface area contributed by atoms with E-state index in [0.717, 1.165) is 24.3 Å². The Balaban J connectivity index is 2.18. The van der Waals surface area contributed by atoms with Gasteiger partial charge in [-0.2, -0.15) is 5.10 Å². The molecule has 1 unspecified atom stereocenters. The molecule has 0 aliphatic carbocycles. The van der Waals surface area contributed by atoms with Crippen LogP contribution in [0.25, 0.3) is 0 Å². The molecule has 0 amide bonds. The van der Waals surface area contributed by atoms with Crippen molar-refractivity contribution in [2.24, 2.45) is 0 Å². The molecule has 82 valence electrons. The maximum absolute atomic E-state index is 10.6. The van der Waals surface area contributed by atoms with Crippen LogP contribution in [0.2, 0.25) is 0 Å². The van der Waals surface area contributed by atoms with E-state index < -0.39 is 5.97 Å². The molecule has 5 nitrogen and oxygen atoms in total. The van der Waals surface area contributed by atoms with Gasteiger partial charge >= 0.3 is 5.97 Å². The van der Waals surface area contributed by atoms with Gasteiger partial charge < -0.3 is 9.84 Å². The first-order valence-corrected chi connectivity index (χ1v) is 5.01. The van der Waals surface area contributed by atoms with E-state index >= 15 is 0 Å². The lowest BCUT2D eigenvalue weighted by Gasteiger charge is -2.10. The maximum Gasteiger partial charge on any atom is 0.307 e. The number of ether oxygens (including phenoxy) is 1. The number of aromatic nitrogens is 2. The van der Waals surface area contributed by atoms with Crippen LogP contribution in [-0.2, 0) is 16.0 Å². The van der Waals surface area contributed by atoms with E-state index in [1.807, 2.05) is 11.6 Å².